The van der Waals surface area contributed by atoms with Crippen molar-refractivity contribution in [3.05, 3.63) is 75.7 Å². The highest BCUT2D eigenvalue weighted by Gasteiger charge is 2.21. The molecule has 0 fully saturated rings. The number of carbonyl (C=O) groups is 2. The van der Waals surface area contributed by atoms with Crippen LogP contribution in [0.4, 0.5) is 0 Å². The average molecular weight is 376 g/mol. The second-order valence-corrected chi connectivity index (χ2v) is 6.79. The molecule has 4 rings (SSSR count). The summed E-state index contributed by atoms with van der Waals surface area (Å²) in [6.45, 7) is 0.516. The average Bonchev–Trinajstić information content (AvgIpc) is 2.70. The first-order valence-electron chi connectivity index (χ1n) is 9.31. The zero-order valence-corrected chi connectivity index (χ0v) is 15.3. The standard InChI is InChI=1S/C22H20N2O4/c25-20-7-3-6-19-17(20)13-18(22(27)24-19)21(26)23-10-11-28-16-9-8-14-4-1-2-5-15(14)12-16/h1-2,4-5,8-9,12-13H,3,6-7,10-11H2,(H,23,26)(H,24,27). The summed E-state index contributed by atoms with van der Waals surface area (Å²) < 4.78 is 5.68. The Morgan fingerprint density at radius 3 is 2.71 bits per heavy atom. The number of rotatable bonds is 5. The van der Waals surface area contributed by atoms with E-state index >= 15 is 0 Å². The van der Waals surface area contributed by atoms with Crippen molar-refractivity contribution >= 4 is 22.5 Å². The summed E-state index contributed by atoms with van der Waals surface area (Å²) in [5, 5.41) is 4.88. The van der Waals surface area contributed by atoms with Crippen LogP contribution in [0.3, 0.4) is 0 Å². The normalized spacial score (nSPS) is 13.2. The maximum absolute atomic E-state index is 12.3. The van der Waals surface area contributed by atoms with Crippen LogP contribution in [-0.4, -0.2) is 29.8 Å². The number of aromatic nitrogens is 1. The van der Waals surface area contributed by atoms with E-state index in [0.717, 1.165) is 17.2 Å². The molecule has 0 spiro atoms. The third-order valence-corrected chi connectivity index (χ3v) is 4.88. The van der Waals surface area contributed by atoms with Crippen molar-refractivity contribution in [2.75, 3.05) is 13.2 Å². The summed E-state index contributed by atoms with van der Waals surface area (Å²) in [4.78, 5) is 39.2. The third kappa shape index (κ3) is 3.67. The first-order valence-corrected chi connectivity index (χ1v) is 9.31. The van der Waals surface area contributed by atoms with Gasteiger partial charge >= 0.3 is 0 Å². The Morgan fingerprint density at radius 2 is 1.86 bits per heavy atom. The lowest BCUT2D eigenvalue weighted by Crippen LogP contribution is -2.34. The zero-order valence-electron chi connectivity index (χ0n) is 15.3. The van der Waals surface area contributed by atoms with E-state index in [1.165, 1.54) is 6.07 Å². The molecule has 1 aromatic heterocycles. The van der Waals surface area contributed by atoms with Gasteiger partial charge in [-0.15, -0.1) is 0 Å². The lowest BCUT2D eigenvalue weighted by Gasteiger charge is -2.15. The van der Waals surface area contributed by atoms with Crippen molar-refractivity contribution in [2.24, 2.45) is 0 Å². The van der Waals surface area contributed by atoms with Crippen LogP contribution in [-0.2, 0) is 6.42 Å². The number of fused-ring (bicyclic) bond motifs is 2. The van der Waals surface area contributed by atoms with Gasteiger partial charge in [0.1, 0.15) is 17.9 Å². The molecule has 1 aliphatic rings. The summed E-state index contributed by atoms with van der Waals surface area (Å²) in [5.74, 6) is 0.167. The maximum atomic E-state index is 12.3. The van der Waals surface area contributed by atoms with E-state index in [1.54, 1.807) is 0 Å². The first kappa shape index (κ1) is 18.0. The van der Waals surface area contributed by atoms with Gasteiger partial charge in [0.05, 0.1) is 6.54 Å². The van der Waals surface area contributed by atoms with Crippen molar-refractivity contribution in [3.8, 4) is 5.75 Å². The molecule has 1 amide bonds. The SMILES string of the molecule is O=C1CCCc2[nH]c(=O)c(C(=O)NCCOc3ccc4ccccc4c3)cc21. The summed E-state index contributed by atoms with van der Waals surface area (Å²) in [6.07, 6.45) is 1.82. The number of Topliss-reactive ketones (excluding diaryl/α,β-unsaturated/α-hetero) is 1. The molecule has 0 radical (unpaired) electrons. The number of H-pyrrole nitrogens is 1. The first-order chi connectivity index (χ1) is 13.6. The number of aromatic amines is 1. The third-order valence-electron chi connectivity index (χ3n) is 4.88. The van der Waals surface area contributed by atoms with Gasteiger partial charge in [-0.3, -0.25) is 14.4 Å². The van der Waals surface area contributed by atoms with Crippen molar-refractivity contribution in [3.63, 3.8) is 0 Å². The van der Waals surface area contributed by atoms with Crippen molar-refractivity contribution in [1.82, 2.24) is 10.3 Å². The fourth-order valence-corrected chi connectivity index (χ4v) is 3.43. The molecule has 2 N–H and O–H groups in total. The van der Waals surface area contributed by atoms with Crippen LogP contribution in [0.1, 0.15) is 39.3 Å². The summed E-state index contributed by atoms with van der Waals surface area (Å²) in [6, 6.07) is 15.2. The number of amides is 1. The molecular formula is C22H20N2O4. The Balaban J connectivity index is 1.37. The Bertz CT molecular complexity index is 1120. The van der Waals surface area contributed by atoms with Crippen LogP contribution < -0.4 is 15.6 Å². The van der Waals surface area contributed by atoms with Crippen LogP contribution in [0.5, 0.6) is 5.75 Å². The monoisotopic (exact) mass is 376 g/mol. The number of carbonyl (C=O) groups excluding carboxylic acids is 2. The molecule has 1 aliphatic carbocycles. The minimum absolute atomic E-state index is 0.0359. The van der Waals surface area contributed by atoms with Gasteiger partial charge in [-0.2, -0.15) is 0 Å². The second kappa shape index (κ2) is 7.68. The smallest absolute Gasteiger partial charge is 0.261 e. The van der Waals surface area contributed by atoms with Crippen LogP contribution in [0, 0.1) is 0 Å². The fraction of sp³-hybridized carbons (Fsp3) is 0.227. The van der Waals surface area contributed by atoms with Crippen LogP contribution >= 0.6 is 0 Å². The number of hydrogen-bond acceptors (Lipinski definition) is 4. The molecular weight excluding hydrogens is 356 g/mol. The molecule has 3 aromatic rings. The van der Waals surface area contributed by atoms with Crippen molar-refractivity contribution < 1.29 is 14.3 Å². The lowest BCUT2D eigenvalue weighted by atomic mass is 9.93. The van der Waals surface area contributed by atoms with Crippen molar-refractivity contribution in [1.29, 1.82) is 0 Å². The number of ketones is 1. The summed E-state index contributed by atoms with van der Waals surface area (Å²) >= 11 is 0. The van der Waals surface area contributed by atoms with Gasteiger partial charge in [-0.1, -0.05) is 30.3 Å². The number of benzene rings is 2. The minimum atomic E-state index is -0.510. The fourth-order valence-electron chi connectivity index (χ4n) is 3.43. The molecule has 6 heteroatoms. The molecule has 1 heterocycles. The molecule has 0 bridgehead atoms. The molecule has 0 aliphatic heterocycles. The molecule has 0 atom stereocenters. The van der Waals surface area contributed by atoms with Crippen LogP contribution in [0.15, 0.2) is 53.3 Å². The number of nitrogens with one attached hydrogen (secondary N) is 2. The zero-order chi connectivity index (χ0) is 19.5. The highest BCUT2D eigenvalue weighted by molar-refractivity contribution is 6.01. The lowest BCUT2D eigenvalue weighted by molar-refractivity contribution is 0.0945. The topological polar surface area (TPSA) is 88.3 Å². The Labute approximate surface area is 161 Å². The predicted octanol–water partition coefficient (Wildman–Crippen LogP) is 2.86. The molecule has 0 saturated heterocycles. The quantitative estimate of drug-likeness (QED) is 0.670. The van der Waals surface area contributed by atoms with E-state index < -0.39 is 11.5 Å². The van der Waals surface area contributed by atoms with Crippen LogP contribution in [0.2, 0.25) is 0 Å². The molecule has 142 valence electrons. The van der Waals surface area contributed by atoms with Gasteiger partial charge in [0.25, 0.3) is 11.5 Å². The molecule has 0 saturated carbocycles. The summed E-state index contributed by atoms with van der Waals surface area (Å²) in [5.41, 5.74) is 0.557. The number of hydrogen-bond donors (Lipinski definition) is 2. The van der Waals surface area contributed by atoms with E-state index in [0.29, 0.717) is 29.8 Å². The van der Waals surface area contributed by atoms with Gasteiger partial charge in [-0.05, 0) is 41.8 Å². The summed E-state index contributed by atoms with van der Waals surface area (Å²) in [7, 11) is 0. The molecule has 28 heavy (non-hydrogen) atoms. The van der Waals surface area contributed by atoms with Gasteiger partial charge in [0.2, 0.25) is 0 Å². The second-order valence-electron chi connectivity index (χ2n) is 6.79. The Kier molecular flexibility index (Phi) is 4.93. The van der Waals surface area contributed by atoms with E-state index in [9.17, 15) is 14.4 Å². The maximum Gasteiger partial charge on any atom is 0.261 e. The van der Waals surface area contributed by atoms with Gasteiger partial charge in [0.15, 0.2) is 5.78 Å². The van der Waals surface area contributed by atoms with Gasteiger partial charge in [-0.25, -0.2) is 0 Å². The van der Waals surface area contributed by atoms with Crippen LogP contribution in [0.25, 0.3) is 10.8 Å². The highest BCUT2D eigenvalue weighted by atomic mass is 16.5. The minimum Gasteiger partial charge on any atom is -0.492 e. The molecule has 6 nitrogen and oxygen atoms in total. The Hall–Kier alpha value is -3.41. The molecule has 2 aromatic carbocycles. The number of pyridine rings is 1. The molecule has 0 unspecified atom stereocenters. The van der Waals surface area contributed by atoms with Gasteiger partial charge in [0, 0.05) is 17.7 Å². The van der Waals surface area contributed by atoms with E-state index in [2.05, 4.69) is 10.3 Å². The van der Waals surface area contributed by atoms with E-state index in [1.807, 2.05) is 42.5 Å². The largest absolute Gasteiger partial charge is 0.492 e. The Morgan fingerprint density at radius 1 is 1.04 bits per heavy atom. The number of aryl methyl sites for hydroxylation is 1. The van der Waals surface area contributed by atoms with E-state index in [-0.39, 0.29) is 24.5 Å². The van der Waals surface area contributed by atoms with Crippen molar-refractivity contribution in [2.45, 2.75) is 19.3 Å². The highest BCUT2D eigenvalue weighted by Crippen LogP contribution is 2.20. The number of ether oxygens (including phenoxy) is 1. The van der Waals surface area contributed by atoms with E-state index in [4.69, 9.17) is 4.74 Å². The predicted molar refractivity (Wildman–Crippen MR) is 106 cm³/mol. The van der Waals surface area contributed by atoms with Gasteiger partial charge < -0.3 is 15.0 Å².